The third kappa shape index (κ3) is 5.09. The lowest BCUT2D eigenvalue weighted by atomic mass is 10.3. The molecule has 0 saturated carbocycles. The van der Waals surface area contributed by atoms with E-state index in [1.807, 2.05) is 5.38 Å². The van der Waals surface area contributed by atoms with Gasteiger partial charge in [0.1, 0.15) is 17.8 Å². The van der Waals surface area contributed by atoms with Crippen LogP contribution in [0.2, 0.25) is 10.0 Å². The Kier molecular flexibility index (Phi) is 6.12. The molecular weight excluding hydrogens is 413 g/mol. The Morgan fingerprint density at radius 2 is 2.04 bits per heavy atom. The second-order valence-corrected chi connectivity index (χ2v) is 6.72. The molecule has 0 bridgehead atoms. The number of aromatic nitrogens is 3. The fourth-order valence-electron chi connectivity index (χ4n) is 1.88. The second-order valence-electron chi connectivity index (χ2n) is 4.98. The zero-order valence-electron chi connectivity index (χ0n) is 13.6. The zero-order valence-corrected chi connectivity index (χ0v) is 15.9. The Hall–Kier alpha value is -2.82. The number of rotatable bonds is 7. The molecule has 0 unspecified atom stereocenters. The molecule has 0 atom stereocenters. The molecule has 0 fully saturated rings. The van der Waals surface area contributed by atoms with E-state index < -0.39 is 5.91 Å². The standard InChI is InChI=1S/C15H13Cl2N7O2S/c16-8-1-2-10(9(17)5-8)26-6-11(25)23-24-14-12(18)13(20-7-21-14)22-15-19-3-4-27-15/h1-5,7H,6,18H2,(H,23,25)(H2,19,20,21,22,24). The summed E-state index contributed by atoms with van der Waals surface area (Å²) >= 11 is 13.2. The highest BCUT2D eigenvalue weighted by atomic mass is 35.5. The van der Waals surface area contributed by atoms with Crippen molar-refractivity contribution in [2.75, 3.05) is 23.1 Å². The number of nitrogen functional groups attached to an aromatic ring is 1. The first-order chi connectivity index (χ1) is 13.0. The molecule has 0 aliphatic carbocycles. The van der Waals surface area contributed by atoms with E-state index in [0.29, 0.717) is 26.7 Å². The minimum Gasteiger partial charge on any atom is -0.482 e. The minimum atomic E-state index is -0.464. The van der Waals surface area contributed by atoms with Crippen LogP contribution in [0.3, 0.4) is 0 Å². The number of nitrogens with one attached hydrogen (secondary N) is 3. The van der Waals surface area contributed by atoms with Gasteiger partial charge in [0, 0.05) is 16.6 Å². The van der Waals surface area contributed by atoms with Gasteiger partial charge in [0.2, 0.25) is 0 Å². The molecule has 1 aromatic carbocycles. The van der Waals surface area contributed by atoms with Gasteiger partial charge in [-0.1, -0.05) is 23.2 Å². The number of ether oxygens (including phenoxy) is 1. The summed E-state index contributed by atoms with van der Waals surface area (Å²) in [4.78, 5) is 24.1. The number of hydrogen-bond acceptors (Lipinski definition) is 9. The van der Waals surface area contributed by atoms with E-state index in [1.165, 1.54) is 23.7 Å². The predicted octanol–water partition coefficient (Wildman–Crippen LogP) is 3.09. The largest absolute Gasteiger partial charge is 0.482 e. The molecule has 27 heavy (non-hydrogen) atoms. The van der Waals surface area contributed by atoms with Crippen LogP contribution in [0.4, 0.5) is 22.5 Å². The van der Waals surface area contributed by atoms with Gasteiger partial charge in [0.05, 0.1) is 5.02 Å². The summed E-state index contributed by atoms with van der Waals surface area (Å²) in [5, 5.41) is 6.18. The molecular formula is C15H13Cl2N7O2S. The Balaban J connectivity index is 1.55. The van der Waals surface area contributed by atoms with Crippen molar-refractivity contribution in [3.05, 3.63) is 46.1 Å². The summed E-state index contributed by atoms with van der Waals surface area (Å²) < 4.78 is 5.34. The highest BCUT2D eigenvalue weighted by Crippen LogP contribution is 2.28. The van der Waals surface area contributed by atoms with Crippen molar-refractivity contribution in [2.45, 2.75) is 0 Å². The Morgan fingerprint density at radius 1 is 1.22 bits per heavy atom. The number of halogens is 2. The lowest BCUT2D eigenvalue weighted by Gasteiger charge is -2.13. The minimum absolute atomic E-state index is 0.217. The van der Waals surface area contributed by atoms with Gasteiger partial charge >= 0.3 is 0 Å². The van der Waals surface area contributed by atoms with Crippen LogP contribution in [-0.4, -0.2) is 27.5 Å². The molecule has 0 aliphatic rings. The Morgan fingerprint density at radius 3 is 2.78 bits per heavy atom. The Bertz CT molecular complexity index is 940. The molecule has 0 aliphatic heterocycles. The molecule has 3 rings (SSSR count). The van der Waals surface area contributed by atoms with Crippen molar-refractivity contribution < 1.29 is 9.53 Å². The van der Waals surface area contributed by atoms with Crippen molar-refractivity contribution in [1.29, 1.82) is 0 Å². The predicted molar refractivity (Wildman–Crippen MR) is 106 cm³/mol. The van der Waals surface area contributed by atoms with Gasteiger partial charge in [-0.05, 0) is 18.2 Å². The maximum Gasteiger partial charge on any atom is 0.276 e. The molecule has 9 nitrogen and oxygen atoms in total. The van der Waals surface area contributed by atoms with E-state index in [2.05, 4.69) is 31.1 Å². The molecule has 3 aromatic rings. The summed E-state index contributed by atoms with van der Waals surface area (Å²) in [5.74, 6) is 0.462. The first kappa shape index (κ1) is 19.0. The zero-order chi connectivity index (χ0) is 19.2. The number of nitrogens with zero attached hydrogens (tertiary/aromatic N) is 3. The summed E-state index contributed by atoms with van der Waals surface area (Å²) in [5.41, 5.74) is 11.3. The lowest BCUT2D eigenvalue weighted by Crippen LogP contribution is -2.34. The number of amides is 1. The smallest absolute Gasteiger partial charge is 0.276 e. The van der Waals surface area contributed by atoms with Crippen molar-refractivity contribution in [2.24, 2.45) is 0 Å². The van der Waals surface area contributed by atoms with Gasteiger partial charge in [-0.15, -0.1) is 11.3 Å². The van der Waals surface area contributed by atoms with Crippen molar-refractivity contribution in [3.63, 3.8) is 0 Å². The number of hydrogen-bond donors (Lipinski definition) is 4. The van der Waals surface area contributed by atoms with Crippen LogP contribution in [0, 0.1) is 0 Å². The Labute approximate surface area is 167 Å². The average Bonchev–Trinajstić information content (AvgIpc) is 3.15. The fourth-order valence-corrected chi connectivity index (χ4v) is 2.87. The maximum absolute atomic E-state index is 11.9. The number of carbonyl (C=O) groups excluding carboxylic acids is 1. The molecule has 2 aromatic heterocycles. The van der Waals surface area contributed by atoms with Crippen LogP contribution >= 0.6 is 34.5 Å². The third-order valence-corrected chi connectivity index (χ3v) is 4.33. The van der Waals surface area contributed by atoms with Crippen molar-refractivity contribution >= 4 is 62.9 Å². The van der Waals surface area contributed by atoms with Gasteiger partial charge in [0.25, 0.3) is 5.91 Å². The first-order valence-corrected chi connectivity index (χ1v) is 9.06. The summed E-state index contributed by atoms with van der Waals surface area (Å²) in [7, 11) is 0. The number of nitrogens with two attached hydrogens (primary N) is 1. The fraction of sp³-hybridized carbons (Fsp3) is 0.0667. The molecule has 2 heterocycles. The highest BCUT2D eigenvalue weighted by Gasteiger charge is 2.11. The van der Waals surface area contributed by atoms with Crippen LogP contribution < -0.4 is 26.6 Å². The van der Waals surface area contributed by atoms with E-state index in [-0.39, 0.29) is 18.1 Å². The van der Waals surface area contributed by atoms with Crippen molar-refractivity contribution in [3.8, 4) is 5.75 Å². The first-order valence-electron chi connectivity index (χ1n) is 7.42. The SMILES string of the molecule is Nc1c(NNC(=O)COc2ccc(Cl)cc2Cl)ncnc1Nc1nccs1. The van der Waals surface area contributed by atoms with E-state index in [4.69, 9.17) is 33.7 Å². The molecule has 0 spiro atoms. The van der Waals surface area contributed by atoms with Crippen LogP contribution in [0.25, 0.3) is 0 Å². The number of thiazole rings is 1. The lowest BCUT2D eigenvalue weighted by molar-refractivity contribution is -0.122. The molecule has 5 N–H and O–H groups in total. The van der Waals surface area contributed by atoms with Crippen LogP contribution in [0.15, 0.2) is 36.1 Å². The molecule has 0 saturated heterocycles. The van der Waals surface area contributed by atoms with Gasteiger partial charge in [0.15, 0.2) is 23.4 Å². The van der Waals surface area contributed by atoms with Crippen LogP contribution in [0.5, 0.6) is 5.75 Å². The maximum atomic E-state index is 11.9. The quantitative estimate of drug-likeness (QED) is 0.425. The van der Waals surface area contributed by atoms with Gasteiger partial charge in [-0.3, -0.25) is 15.6 Å². The molecule has 140 valence electrons. The van der Waals surface area contributed by atoms with E-state index >= 15 is 0 Å². The normalized spacial score (nSPS) is 10.3. The number of benzene rings is 1. The topological polar surface area (TPSA) is 127 Å². The van der Waals surface area contributed by atoms with Gasteiger partial charge < -0.3 is 15.8 Å². The van der Waals surface area contributed by atoms with Gasteiger partial charge in [-0.2, -0.15) is 0 Å². The molecule has 12 heteroatoms. The number of anilines is 4. The summed E-state index contributed by atoms with van der Waals surface area (Å²) in [6, 6.07) is 4.70. The molecule has 0 radical (unpaired) electrons. The number of hydrazine groups is 1. The summed E-state index contributed by atoms with van der Waals surface area (Å²) in [6.07, 6.45) is 2.95. The van der Waals surface area contributed by atoms with E-state index in [9.17, 15) is 4.79 Å². The second kappa shape index (κ2) is 8.71. The van der Waals surface area contributed by atoms with Crippen LogP contribution in [-0.2, 0) is 4.79 Å². The molecule has 1 amide bonds. The number of carbonyl (C=O) groups is 1. The van der Waals surface area contributed by atoms with Crippen molar-refractivity contribution in [1.82, 2.24) is 20.4 Å². The monoisotopic (exact) mass is 425 g/mol. The van der Waals surface area contributed by atoms with E-state index in [0.717, 1.165) is 0 Å². The van der Waals surface area contributed by atoms with E-state index in [1.54, 1.807) is 18.3 Å². The highest BCUT2D eigenvalue weighted by molar-refractivity contribution is 7.13. The average molecular weight is 426 g/mol. The van der Waals surface area contributed by atoms with Gasteiger partial charge in [-0.25, -0.2) is 15.0 Å². The summed E-state index contributed by atoms with van der Waals surface area (Å²) in [6.45, 7) is -0.274. The van der Waals surface area contributed by atoms with Crippen LogP contribution in [0.1, 0.15) is 0 Å². The third-order valence-electron chi connectivity index (χ3n) is 3.11.